The largest absolute Gasteiger partial charge is 0.477 e. The van der Waals surface area contributed by atoms with Gasteiger partial charge in [0.05, 0.1) is 6.04 Å². The molecule has 0 saturated carbocycles. The van der Waals surface area contributed by atoms with Crippen LogP contribution >= 0.6 is 11.3 Å². The maximum atomic E-state index is 11.0. The van der Waals surface area contributed by atoms with E-state index in [1.165, 1.54) is 10.9 Å². The van der Waals surface area contributed by atoms with Crippen molar-refractivity contribution >= 4 is 23.1 Å². The highest BCUT2D eigenvalue weighted by atomic mass is 32.1. The van der Waals surface area contributed by atoms with Crippen LogP contribution in [-0.2, 0) is 0 Å². The van der Waals surface area contributed by atoms with Crippen molar-refractivity contribution in [2.24, 2.45) is 0 Å². The van der Waals surface area contributed by atoms with Crippen LogP contribution in [0.3, 0.4) is 0 Å². The molecule has 19 heavy (non-hydrogen) atoms. The summed E-state index contributed by atoms with van der Waals surface area (Å²) in [6.45, 7) is 0.929. The van der Waals surface area contributed by atoms with Crippen molar-refractivity contribution in [3.05, 3.63) is 46.3 Å². The van der Waals surface area contributed by atoms with Crippen LogP contribution in [0.2, 0.25) is 0 Å². The molecule has 1 fully saturated rings. The molecule has 1 aliphatic rings. The van der Waals surface area contributed by atoms with E-state index in [-0.39, 0.29) is 5.69 Å². The maximum absolute atomic E-state index is 11.0. The van der Waals surface area contributed by atoms with Gasteiger partial charge in [-0.25, -0.2) is 9.78 Å². The molecule has 1 aliphatic heterocycles. The molecule has 0 aromatic carbocycles. The Balaban J connectivity index is 1.92. The van der Waals surface area contributed by atoms with Gasteiger partial charge in [0.2, 0.25) is 0 Å². The molecule has 0 aliphatic carbocycles. The fourth-order valence-electron chi connectivity index (χ4n) is 2.52. The molecule has 3 rings (SSSR count). The van der Waals surface area contributed by atoms with Gasteiger partial charge in [0.25, 0.3) is 0 Å². The second kappa shape index (κ2) is 5.01. The molecule has 5 heteroatoms. The molecular weight excluding hydrogens is 260 g/mol. The minimum atomic E-state index is -0.978. The van der Waals surface area contributed by atoms with Gasteiger partial charge in [0.1, 0.15) is 5.82 Å². The van der Waals surface area contributed by atoms with Crippen LogP contribution in [0.5, 0.6) is 0 Å². The van der Waals surface area contributed by atoms with Gasteiger partial charge in [-0.1, -0.05) is 12.1 Å². The van der Waals surface area contributed by atoms with E-state index in [9.17, 15) is 4.79 Å². The molecule has 0 spiro atoms. The summed E-state index contributed by atoms with van der Waals surface area (Å²) in [5.41, 5.74) is 0.106. The summed E-state index contributed by atoms with van der Waals surface area (Å²) in [5, 5.41) is 11.1. The van der Waals surface area contributed by atoms with E-state index in [4.69, 9.17) is 5.11 Å². The van der Waals surface area contributed by atoms with Crippen LogP contribution in [0, 0.1) is 0 Å². The van der Waals surface area contributed by atoms with Crippen molar-refractivity contribution in [2.45, 2.75) is 18.9 Å². The number of carbonyl (C=O) groups is 1. The zero-order valence-electron chi connectivity index (χ0n) is 10.3. The summed E-state index contributed by atoms with van der Waals surface area (Å²) >= 11 is 1.74. The number of thiophene rings is 1. The minimum Gasteiger partial charge on any atom is -0.477 e. The van der Waals surface area contributed by atoms with E-state index >= 15 is 0 Å². The standard InChI is InChI=1S/C14H14N2O2S/c17-14(18)10-4-1-7-13(15-10)16-8-2-5-11(16)12-6-3-9-19-12/h1,3-4,6-7,9,11H,2,5,8H2,(H,17,18). The lowest BCUT2D eigenvalue weighted by atomic mass is 10.2. The van der Waals surface area contributed by atoms with Crippen LogP contribution in [-0.4, -0.2) is 22.6 Å². The van der Waals surface area contributed by atoms with Crippen molar-refractivity contribution in [3.8, 4) is 0 Å². The van der Waals surface area contributed by atoms with Gasteiger partial charge in [0.15, 0.2) is 5.69 Å². The Kier molecular flexibility index (Phi) is 3.21. The Bertz CT molecular complexity index is 583. The first-order valence-electron chi connectivity index (χ1n) is 6.26. The number of carboxylic acid groups (broad SMARTS) is 1. The lowest BCUT2D eigenvalue weighted by Crippen LogP contribution is -2.23. The minimum absolute atomic E-state index is 0.106. The highest BCUT2D eigenvalue weighted by molar-refractivity contribution is 7.10. The van der Waals surface area contributed by atoms with Gasteiger partial charge in [-0.15, -0.1) is 11.3 Å². The Morgan fingerprint density at radius 1 is 1.37 bits per heavy atom. The fraction of sp³-hybridized carbons (Fsp3) is 0.286. The van der Waals surface area contributed by atoms with Crippen molar-refractivity contribution in [2.75, 3.05) is 11.4 Å². The summed E-state index contributed by atoms with van der Waals surface area (Å²) in [4.78, 5) is 18.8. The van der Waals surface area contributed by atoms with Crippen LogP contribution in [0.4, 0.5) is 5.82 Å². The van der Waals surface area contributed by atoms with Gasteiger partial charge in [-0.05, 0) is 36.4 Å². The normalized spacial score (nSPS) is 18.7. The van der Waals surface area contributed by atoms with Gasteiger partial charge < -0.3 is 10.0 Å². The number of carboxylic acids is 1. The molecule has 1 saturated heterocycles. The highest BCUT2D eigenvalue weighted by Crippen LogP contribution is 2.37. The molecule has 1 atom stereocenters. The number of aromatic nitrogens is 1. The zero-order valence-corrected chi connectivity index (χ0v) is 11.1. The predicted octanol–water partition coefficient (Wildman–Crippen LogP) is 3.18. The third kappa shape index (κ3) is 2.33. The van der Waals surface area contributed by atoms with Crippen LogP contribution in [0.1, 0.15) is 34.2 Å². The lowest BCUT2D eigenvalue weighted by molar-refractivity contribution is 0.0690. The molecule has 2 aromatic heterocycles. The third-order valence-electron chi connectivity index (χ3n) is 3.37. The van der Waals surface area contributed by atoms with Crippen LogP contribution in [0.15, 0.2) is 35.7 Å². The van der Waals surface area contributed by atoms with Gasteiger partial charge in [-0.2, -0.15) is 0 Å². The quantitative estimate of drug-likeness (QED) is 0.934. The number of rotatable bonds is 3. The number of pyridine rings is 1. The maximum Gasteiger partial charge on any atom is 0.354 e. The number of anilines is 1. The molecule has 3 heterocycles. The highest BCUT2D eigenvalue weighted by Gasteiger charge is 2.28. The SMILES string of the molecule is O=C(O)c1cccc(N2CCCC2c2cccs2)n1. The average molecular weight is 274 g/mol. The molecule has 98 valence electrons. The Hall–Kier alpha value is -1.88. The molecule has 0 radical (unpaired) electrons. The van der Waals surface area contributed by atoms with Crippen molar-refractivity contribution < 1.29 is 9.90 Å². The molecule has 1 unspecified atom stereocenters. The Morgan fingerprint density at radius 3 is 3.00 bits per heavy atom. The molecule has 0 amide bonds. The topological polar surface area (TPSA) is 53.4 Å². The average Bonchev–Trinajstić information content (AvgIpc) is 3.09. The Morgan fingerprint density at radius 2 is 2.26 bits per heavy atom. The first-order chi connectivity index (χ1) is 9.25. The van der Waals surface area contributed by atoms with Crippen molar-refractivity contribution in [1.29, 1.82) is 0 Å². The van der Waals surface area contributed by atoms with Gasteiger partial charge in [0, 0.05) is 11.4 Å². The predicted molar refractivity (Wildman–Crippen MR) is 74.8 cm³/mol. The van der Waals surface area contributed by atoms with Gasteiger partial charge in [-0.3, -0.25) is 0 Å². The summed E-state index contributed by atoms with van der Waals surface area (Å²) < 4.78 is 0. The Labute approximate surface area is 115 Å². The molecular formula is C14H14N2O2S. The second-order valence-electron chi connectivity index (χ2n) is 4.55. The van der Waals surface area contributed by atoms with Gasteiger partial charge >= 0.3 is 5.97 Å². The van der Waals surface area contributed by atoms with E-state index in [1.54, 1.807) is 17.4 Å². The number of nitrogens with zero attached hydrogens (tertiary/aromatic N) is 2. The second-order valence-corrected chi connectivity index (χ2v) is 5.53. The number of hydrogen-bond donors (Lipinski definition) is 1. The zero-order chi connectivity index (χ0) is 13.2. The summed E-state index contributed by atoms with van der Waals surface area (Å²) in [6.07, 6.45) is 2.21. The lowest BCUT2D eigenvalue weighted by Gasteiger charge is -2.25. The fourth-order valence-corrected chi connectivity index (χ4v) is 3.39. The van der Waals surface area contributed by atoms with Crippen molar-refractivity contribution in [3.63, 3.8) is 0 Å². The molecule has 1 N–H and O–H groups in total. The number of hydrogen-bond acceptors (Lipinski definition) is 4. The van der Waals surface area contributed by atoms with E-state index in [1.807, 2.05) is 6.07 Å². The van der Waals surface area contributed by atoms with E-state index in [2.05, 4.69) is 27.4 Å². The van der Waals surface area contributed by atoms with Crippen LogP contribution < -0.4 is 4.90 Å². The van der Waals surface area contributed by atoms with E-state index in [0.717, 1.165) is 25.2 Å². The summed E-state index contributed by atoms with van der Waals surface area (Å²) in [6, 6.07) is 9.69. The smallest absolute Gasteiger partial charge is 0.354 e. The number of aromatic carboxylic acids is 1. The van der Waals surface area contributed by atoms with E-state index < -0.39 is 5.97 Å². The molecule has 4 nitrogen and oxygen atoms in total. The van der Waals surface area contributed by atoms with Crippen molar-refractivity contribution in [1.82, 2.24) is 4.98 Å². The summed E-state index contributed by atoms with van der Waals surface area (Å²) in [5.74, 6) is -0.218. The monoisotopic (exact) mass is 274 g/mol. The van der Waals surface area contributed by atoms with Crippen LogP contribution in [0.25, 0.3) is 0 Å². The summed E-state index contributed by atoms with van der Waals surface area (Å²) in [7, 11) is 0. The van der Waals surface area contributed by atoms with E-state index in [0.29, 0.717) is 6.04 Å². The first kappa shape index (κ1) is 12.2. The molecule has 2 aromatic rings. The first-order valence-corrected chi connectivity index (χ1v) is 7.14. The third-order valence-corrected chi connectivity index (χ3v) is 4.35. The molecule has 0 bridgehead atoms.